The largest absolute Gasteiger partial charge is 0.469 e. The Morgan fingerprint density at radius 2 is 1.72 bits per heavy atom. The molecular weight excluding hydrogens is 429 g/mol. The van der Waals surface area contributed by atoms with E-state index in [4.69, 9.17) is 20.3 Å². The Morgan fingerprint density at radius 1 is 1.06 bits per heavy atom. The minimum atomic E-state index is -4.58. The molecule has 8 heteroatoms. The van der Waals surface area contributed by atoms with Crippen molar-refractivity contribution in [3.05, 3.63) is 69.8 Å². The Kier molecular flexibility index (Phi) is 9.34. The van der Waals surface area contributed by atoms with Crippen molar-refractivity contribution >= 4 is 13.6 Å². The number of nitrogens with two attached hydrogens (primary N) is 1. The van der Waals surface area contributed by atoms with E-state index in [1.54, 1.807) is 6.92 Å². The van der Waals surface area contributed by atoms with Crippen LogP contribution in [0.2, 0.25) is 0 Å². The first kappa shape index (κ1) is 26.4. The number of aryl methyl sites for hydroxylation is 4. The predicted octanol–water partition coefficient (Wildman–Crippen LogP) is 4.16. The van der Waals surface area contributed by atoms with Gasteiger partial charge in [0.15, 0.2) is 5.78 Å². The molecule has 0 aliphatic carbocycles. The number of ether oxygens (including phenoxy) is 1. The van der Waals surface area contributed by atoms with E-state index in [1.807, 2.05) is 26.0 Å². The number of hydrogen-bond donors (Lipinski definition) is 3. The van der Waals surface area contributed by atoms with E-state index in [0.29, 0.717) is 6.42 Å². The average molecular weight is 464 g/mol. The van der Waals surface area contributed by atoms with E-state index in [2.05, 4.69) is 35.7 Å². The number of hydrogen-bond acceptors (Lipinski definition) is 5. The third kappa shape index (κ3) is 8.94. The Morgan fingerprint density at radius 3 is 2.34 bits per heavy atom. The highest BCUT2D eigenvalue weighted by Gasteiger charge is 2.25. The van der Waals surface area contributed by atoms with Crippen LogP contribution in [0.4, 0.5) is 0 Å². The summed E-state index contributed by atoms with van der Waals surface area (Å²) in [5, 5.41) is 0. The summed E-state index contributed by atoms with van der Waals surface area (Å²) >= 11 is 0. The molecule has 2 rings (SSSR count). The number of ketones is 1. The first-order valence-electron chi connectivity index (χ1n) is 10.6. The highest BCUT2D eigenvalue weighted by Crippen LogP contribution is 2.36. The second-order valence-corrected chi connectivity index (χ2v) is 10.0. The van der Waals surface area contributed by atoms with Gasteiger partial charge in [-0.1, -0.05) is 35.9 Å². The van der Waals surface area contributed by atoms with E-state index in [-0.39, 0.29) is 25.6 Å². The third-order valence-electron chi connectivity index (χ3n) is 5.23. The monoisotopic (exact) mass is 463 g/mol. The Balaban J connectivity index is 1.89. The topological polar surface area (TPSA) is 119 Å². The van der Waals surface area contributed by atoms with Crippen molar-refractivity contribution < 1.29 is 28.4 Å². The summed E-state index contributed by atoms with van der Waals surface area (Å²) in [6, 6.07) is 12.2. The first-order valence-corrected chi connectivity index (χ1v) is 12.1. The van der Waals surface area contributed by atoms with Crippen LogP contribution in [-0.4, -0.2) is 34.3 Å². The molecule has 0 bridgehead atoms. The van der Waals surface area contributed by atoms with Gasteiger partial charge in [-0.15, -0.1) is 0 Å². The zero-order valence-electron chi connectivity index (χ0n) is 19.3. The van der Waals surface area contributed by atoms with Crippen molar-refractivity contribution in [1.29, 1.82) is 0 Å². The lowest BCUT2D eigenvalue weighted by Crippen LogP contribution is -2.45. The number of phosphoric ester groups is 1. The molecule has 0 radical (unpaired) electrons. The third-order valence-corrected chi connectivity index (χ3v) is 5.69. The predicted molar refractivity (Wildman–Crippen MR) is 125 cm³/mol. The van der Waals surface area contributed by atoms with Crippen molar-refractivity contribution in [2.24, 2.45) is 5.73 Å². The second kappa shape index (κ2) is 11.3. The fraction of sp³-hybridized carbons (Fsp3) is 0.458. The van der Waals surface area contributed by atoms with Gasteiger partial charge in [-0.25, -0.2) is 4.57 Å². The zero-order chi connectivity index (χ0) is 23.9. The normalized spacial score (nSPS) is 13.7. The summed E-state index contributed by atoms with van der Waals surface area (Å²) in [6.07, 6.45) is 2.17. The number of benzene rings is 2. The van der Waals surface area contributed by atoms with Gasteiger partial charge < -0.3 is 20.3 Å². The molecular formula is C24H34NO6P. The van der Waals surface area contributed by atoms with Crippen LogP contribution in [-0.2, 0) is 26.9 Å². The SMILES string of the molecule is Cc1ccc(CCCC(=O)c2cc(C)c(COC[C@@](C)(N)COP(=O)(O)O)cc2C)cc1. The maximum Gasteiger partial charge on any atom is 0.469 e. The molecule has 2 aromatic carbocycles. The minimum Gasteiger partial charge on any atom is -0.375 e. The van der Waals surface area contributed by atoms with Gasteiger partial charge in [0.1, 0.15) is 0 Å². The van der Waals surface area contributed by atoms with E-state index in [9.17, 15) is 9.36 Å². The standard InChI is InChI=1S/C24H34NO6P/c1-17-8-10-20(11-9-17)6-5-7-23(26)22-13-18(2)21(12-19(22)3)14-30-15-24(4,25)16-31-32(27,28)29/h8-13H,5-7,14-16,25H2,1-4H3,(H2,27,28,29)/t24-/m1/s1. The second-order valence-electron chi connectivity index (χ2n) is 8.77. The lowest BCUT2D eigenvalue weighted by atomic mass is 9.95. The van der Waals surface area contributed by atoms with Gasteiger partial charge in [-0.2, -0.15) is 0 Å². The molecule has 0 spiro atoms. The van der Waals surface area contributed by atoms with Crippen LogP contribution in [0.1, 0.15) is 57.9 Å². The number of Topliss-reactive ketones (excluding diaryl/α,β-unsaturated/α-hetero) is 1. The van der Waals surface area contributed by atoms with Gasteiger partial charge in [0.2, 0.25) is 0 Å². The molecule has 0 unspecified atom stereocenters. The van der Waals surface area contributed by atoms with Gasteiger partial charge in [0.05, 0.1) is 25.4 Å². The Bertz CT molecular complexity index is 965. The van der Waals surface area contributed by atoms with Crippen molar-refractivity contribution in [3.63, 3.8) is 0 Å². The lowest BCUT2D eigenvalue weighted by Gasteiger charge is -2.24. The summed E-state index contributed by atoms with van der Waals surface area (Å²) in [5.41, 5.74) is 10.9. The van der Waals surface area contributed by atoms with Crippen LogP contribution in [0.5, 0.6) is 0 Å². The van der Waals surface area contributed by atoms with E-state index in [0.717, 1.165) is 35.1 Å². The molecule has 176 valence electrons. The van der Waals surface area contributed by atoms with Crippen molar-refractivity contribution in [1.82, 2.24) is 0 Å². The summed E-state index contributed by atoms with van der Waals surface area (Å²) in [4.78, 5) is 30.4. The molecule has 0 amide bonds. The smallest absolute Gasteiger partial charge is 0.375 e. The van der Waals surface area contributed by atoms with Crippen LogP contribution in [0, 0.1) is 20.8 Å². The van der Waals surface area contributed by atoms with Crippen LogP contribution in [0.3, 0.4) is 0 Å². The summed E-state index contributed by atoms with van der Waals surface area (Å²) in [5.74, 6) is 0.134. The molecule has 0 heterocycles. The fourth-order valence-corrected chi connectivity index (χ4v) is 3.80. The Hall–Kier alpha value is -1.86. The van der Waals surface area contributed by atoms with Crippen molar-refractivity contribution in [3.8, 4) is 0 Å². The molecule has 2 aromatic rings. The highest BCUT2D eigenvalue weighted by molar-refractivity contribution is 7.46. The Labute approximate surface area is 190 Å². The molecule has 0 aromatic heterocycles. The maximum atomic E-state index is 12.7. The summed E-state index contributed by atoms with van der Waals surface area (Å²) in [6.45, 7) is 7.51. The molecule has 32 heavy (non-hydrogen) atoms. The summed E-state index contributed by atoms with van der Waals surface area (Å²) in [7, 11) is -4.58. The minimum absolute atomic E-state index is 0.0607. The average Bonchev–Trinajstić information content (AvgIpc) is 2.69. The van der Waals surface area contributed by atoms with Gasteiger partial charge in [-0.05, 0) is 68.9 Å². The first-order chi connectivity index (χ1) is 14.9. The van der Waals surface area contributed by atoms with Crippen LogP contribution >= 0.6 is 7.82 Å². The summed E-state index contributed by atoms with van der Waals surface area (Å²) < 4.78 is 21.0. The molecule has 0 aliphatic rings. The molecule has 0 saturated carbocycles. The number of rotatable bonds is 12. The van der Waals surface area contributed by atoms with Crippen LogP contribution in [0.25, 0.3) is 0 Å². The van der Waals surface area contributed by atoms with Crippen LogP contribution < -0.4 is 5.73 Å². The lowest BCUT2D eigenvalue weighted by molar-refractivity contribution is 0.0509. The molecule has 0 saturated heterocycles. The molecule has 4 N–H and O–H groups in total. The molecule has 1 atom stereocenters. The van der Waals surface area contributed by atoms with Crippen LogP contribution in [0.15, 0.2) is 36.4 Å². The molecule has 7 nitrogen and oxygen atoms in total. The van der Waals surface area contributed by atoms with E-state index >= 15 is 0 Å². The molecule has 0 aliphatic heterocycles. The van der Waals surface area contributed by atoms with E-state index in [1.165, 1.54) is 11.1 Å². The zero-order valence-corrected chi connectivity index (χ0v) is 20.2. The number of phosphoric acid groups is 1. The van der Waals surface area contributed by atoms with Gasteiger partial charge in [-0.3, -0.25) is 9.32 Å². The number of carbonyl (C=O) groups is 1. The van der Waals surface area contributed by atoms with Gasteiger partial charge >= 0.3 is 7.82 Å². The van der Waals surface area contributed by atoms with Crippen molar-refractivity contribution in [2.75, 3.05) is 13.2 Å². The number of carbonyl (C=O) groups excluding carboxylic acids is 1. The fourth-order valence-electron chi connectivity index (χ4n) is 3.34. The highest BCUT2D eigenvalue weighted by atomic mass is 31.2. The molecule has 0 fully saturated rings. The maximum absolute atomic E-state index is 12.7. The van der Waals surface area contributed by atoms with Gasteiger partial charge in [0, 0.05) is 12.0 Å². The quantitative estimate of drug-likeness (QED) is 0.319. The van der Waals surface area contributed by atoms with Crippen molar-refractivity contribution in [2.45, 2.75) is 59.1 Å². The van der Waals surface area contributed by atoms with E-state index < -0.39 is 13.4 Å². The van der Waals surface area contributed by atoms with Gasteiger partial charge in [0.25, 0.3) is 0 Å².